The van der Waals surface area contributed by atoms with Crippen molar-refractivity contribution in [3.63, 3.8) is 0 Å². The zero-order valence-electron chi connectivity index (χ0n) is 8.44. The molecule has 0 unspecified atom stereocenters. The molecule has 0 N–H and O–H groups in total. The van der Waals surface area contributed by atoms with Gasteiger partial charge in [0.25, 0.3) is 0 Å². The van der Waals surface area contributed by atoms with Crippen LogP contribution in [0.25, 0.3) is 0 Å². The molecule has 0 aliphatic rings. The lowest BCUT2D eigenvalue weighted by molar-refractivity contribution is 0.614. The predicted octanol–water partition coefficient (Wildman–Crippen LogP) is 3.87. The molecular weight excluding hydrogens is 163 g/mol. The smallest absolute Gasteiger partial charge is 0.126 e. The number of rotatable bonds is 4. The first-order chi connectivity index (χ1) is 6.24. The van der Waals surface area contributed by atoms with E-state index in [0.717, 1.165) is 17.5 Å². The van der Waals surface area contributed by atoms with Gasteiger partial charge in [-0.25, -0.2) is 4.39 Å². The average Bonchev–Trinajstić information content (AvgIpc) is 2.12. The zero-order valence-corrected chi connectivity index (χ0v) is 8.44. The Morgan fingerprint density at radius 1 is 1.23 bits per heavy atom. The lowest BCUT2D eigenvalue weighted by Gasteiger charge is -2.02. The molecular formula is C12H17F. The van der Waals surface area contributed by atoms with Gasteiger partial charge < -0.3 is 0 Å². The van der Waals surface area contributed by atoms with Crippen LogP contribution in [0.15, 0.2) is 18.2 Å². The van der Waals surface area contributed by atoms with Gasteiger partial charge in [-0.2, -0.15) is 0 Å². The van der Waals surface area contributed by atoms with Gasteiger partial charge in [-0.05, 0) is 37.0 Å². The molecule has 13 heavy (non-hydrogen) atoms. The predicted molar refractivity (Wildman–Crippen MR) is 54.4 cm³/mol. The minimum Gasteiger partial charge on any atom is -0.207 e. The number of hydrogen-bond donors (Lipinski definition) is 0. The van der Waals surface area contributed by atoms with Crippen LogP contribution in [0.2, 0.25) is 0 Å². The molecule has 0 nitrogen and oxygen atoms in total. The highest BCUT2D eigenvalue weighted by Gasteiger charge is 1.98. The van der Waals surface area contributed by atoms with E-state index in [9.17, 15) is 4.39 Å². The van der Waals surface area contributed by atoms with Crippen LogP contribution < -0.4 is 0 Å². The Labute approximate surface area is 79.8 Å². The molecule has 0 aromatic heterocycles. The third-order valence-electron chi connectivity index (χ3n) is 2.31. The van der Waals surface area contributed by atoms with Gasteiger partial charge in [-0.15, -0.1) is 0 Å². The first-order valence-corrected chi connectivity index (χ1v) is 4.99. The monoisotopic (exact) mass is 180 g/mol. The number of aryl methyl sites for hydroxylation is 2. The van der Waals surface area contributed by atoms with Gasteiger partial charge in [0.2, 0.25) is 0 Å². The SMILES string of the molecule is CCCCCc1ccc(C)c(F)c1. The van der Waals surface area contributed by atoms with Crippen molar-refractivity contribution in [3.8, 4) is 0 Å². The molecule has 0 bridgehead atoms. The summed E-state index contributed by atoms with van der Waals surface area (Å²) in [5.74, 6) is -0.0750. The minimum absolute atomic E-state index is 0.0750. The van der Waals surface area contributed by atoms with E-state index in [1.165, 1.54) is 19.3 Å². The number of hydrogen-bond acceptors (Lipinski definition) is 0. The molecule has 1 rings (SSSR count). The highest BCUT2D eigenvalue weighted by atomic mass is 19.1. The summed E-state index contributed by atoms with van der Waals surface area (Å²) in [7, 11) is 0. The van der Waals surface area contributed by atoms with E-state index in [1.807, 2.05) is 12.1 Å². The highest BCUT2D eigenvalue weighted by molar-refractivity contribution is 5.23. The Morgan fingerprint density at radius 3 is 2.62 bits per heavy atom. The maximum absolute atomic E-state index is 13.1. The first kappa shape index (κ1) is 10.2. The number of unbranched alkanes of at least 4 members (excludes halogenated alkanes) is 2. The van der Waals surface area contributed by atoms with Gasteiger partial charge in [-0.1, -0.05) is 31.9 Å². The van der Waals surface area contributed by atoms with Crippen molar-refractivity contribution >= 4 is 0 Å². The lowest BCUT2D eigenvalue weighted by atomic mass is 10.1. The van der Waals surface area contributed by atoms with Gasteiger partial charge in [0.15, 0.2) is 0 Å². The summed E-state index contributed by atoms with van der Waals surface area (Å²) < 4.78 is 13.1. The Kier molecular flexibility index (Phi) is 3.94. The summed E-state index contributed by atoms with van der Waals surface area (Å²) >= 11 is 0. The van der Waals surface area contributed by atoms with Crippen molar-refractivity contribution in [3.05, 3.63) is 35.1 Å². The third kappa shape index (κ3) is 3.17. The number of halogens is 1. The second kappa shape index (κ2) is 5.00. The molecule has 0 amide bonds. The van der Waals surface area contributed by atoms with Crippen LogP contribution in [0.1, 0.15) is 37.3 Å². The molecule has 0 fully saturated rings. The van der Waals surface area contributed by atoms with Crippen molar-refractivity contribution in [2.45, 2.75) is 39.5 Å². The fourth-order valence-corrected chi connectivity index (χ4v) is 1.37. The fourth-order valence-electron chi connectivity index (χ4n) is 1.37. The summed E-state index contributed by atoms with van der Waals surface area (Å²) in [4.78, 5) is 0. The normalized spacial score (nSPS) is 10.4. The second-order valence-corrected chi connectivity index (χ2v) is 3.54. The van der Waals surface area contributed by atoms with E-state index in [4.69, 9.17) is 0 Å². The Hall–Kier alpha value is -0.850. The van der Waals surface area contributed by atoms with E-state index in [2.05, 4.69) is 6.92 Å². The molecule has 0 aliphatic heterocycles. The maximum atomic E-state index is 13.1. The molecule has 0 spiro atoms. The summed E-state index contributed by atoms with van der Waals surface area (Å²) in [5, 5.41) is 0. The van der Waals surface area contributed by atoms with E-state index < -0.39 is 0 Å². The van der Waals surface area contributed by atoms with Crippen LogP contribution in [-0.4, -0.2) is 0 Å². The fraction of sp³-hybridized carbons (Fsp3) is 0.500. The van der Waals surface area contributed by atoms with Crippen molar-refractivity contribution in [1.82, 2.24) is 0 Å². The van der Waals surface area contributed by atoms with Crippen molar-refractivity contribution < 1.29 is 4.39 Å². The molecule has 1 heteroatoms. The summed E-state index contributed by atoms with van der Waals surface area (Å²) in [6, 6.07) is 5.54. The van der Waals surface area contributed by atoms with Crippen LogP contribution in [-0.2, 0) is 6.42 Å². The van der Waals surface area contributed by atoms with Crippen molar-refractivity contribution in [2.75, 3.05) is 0 Å². The Bertz CT molecular complexity index is 266. The summed E-state index contributed by atoms with van der Waals surface area (Å²) in [6.45, 7) is 3.97. The zero-order chi connectivity index (χ0) is 9.68. The first-order valence-electron chi connectivity index (χ1n) is 4.99. The van der Waals surface area contributed by atoms with Crippen LogP contribution in [0.3, 0.4) is 0 Å². The lowest BCUT2D eigenvalue weighted by Crippen LogP contribution is -1.89. The van der Waals surface area contributed by atoms with E-state index in [-0.39, 0.29) is 5.82 Å². The largest absolute Gasteiger partial charge is 0.207 e. The topological polar surface area (TPSA) is 0 Å². The second-order valence-electron chi connectivity index (χ2n) is 3.54. The molecule has 0 aliphatic carbocycles. The number of benzene rings is 1. The standard InChI is InChI=1S/C12H17F/c1-3-4-5-6-11-8-7-10(2)12(13)9-11/h7-9H,3-6H2,1-2H3. The Morgan fingerprint density at radius 2 is 2.00 bits per heavy atom. The molecule has 0 saturated carbocycles. The van der Waals surface area contributed by atoms with Gasteiger partial charge >= 0.3 is 0 Å². The van der Waals surface area contributed by atoms with Gasteiger partial charge in [0.05, 0.1) is 0 Å². The molecule has 72 valence electrons. The van der Waals surface area contributed by atoms with Crippen LogP contribution in [0, 0.1) is 12.7 Å². The van der Waals surface area contributed by atoms with Gasteiger partial charge in [0.1, 0.15) is 5.82 Å². The van der Waals surface area contributed by atoms with Crippen molar-refractivity contribution in [1.29, 1.82) is 0 Å². The third-order valence-corrected chi connectivity index (χ3v) is 2.31. The molecule has 0 radical (unpaired) electrons. The van der Waals surface area contributed by atoms with Crippen LogP contribution in [0.4, 0.5) is 4.39 Å². The van der Waals surface area contributed by atoms with Crippen LogP contribution >= 0.6 is 0 Å². The van der Waals surface area contributed by atoms with Gasteiger partial charge in [0, 0.05) is 0 Å². The van der Waals surface area contributed by atoms with Crippen LogP contribution in [0.5, 0.6) is 0 Å². The molecule has 1 aromatic carbocycles. The quantitative estimate of drug-likeness (QED) is 0.617. The maximum Gasteiger partial charge on any atom is 0.126 e. The van der Waals surface area contributed by atoms with Crippen molar-refractivity contribution in [2.24, 2.45) is 0 Å². The van der Waals surface area contributed by atoms with Gasteiger partial charge in [-0.3, -0.25) is 0 Å². The summed E-state index contributed by atoms with van der Waals surface area (Å²) in [6.07, 6.45) is 4.62. The summed E-state index contributed by atoms with van der Waals surface area (Å²) in [5.41, 5.74) is 1.86. The van der Waals surface area contributed by atoms with E-state index in [1.54, 1.807) is 13.0 Å². The minimum atomic E-state index is -0.0750. The molecule has 0 atom stereocenters. The van der Waals surface area contributed by atoms with E-state index in [0.29, 0.717) is 0 Å². The molecule has 0 saturated heterocycles. The average molecular weight is 180 g/mol. The molecule has 1 aromatic rings. The van der Waals surface area contributed by atoms with E-state index >= 15 is 0 Å². The molecule has 0 heterocycles. The Balaban J connectivity index is 2.53. The highest BCUT2D eigenvalue weighted by Crippen LogP contribution is 2.11.